The van der Waals surface area contributed by atoms with E-state index in [1.54, 1.807) is 6.08 Å². The Morgan fingerprint density at radius 2 is 1.90 bits per heavy atom. The average Bonchev–Trinajstić information content (AvgIpc) is 2.45. The topological polar surface area (TPSA) is 55.1 Å². The lowest BCUT2D eigenvalue weighted by atomic mass is 10.0. The Labute approximate surface area is 122 Å². The van der Waals surface area contributed by atoms with Gasteiger partial charge in [0.25, 0.3) is 0 Å². The van der Waals surface area contributed by atoms with Crippen molar-refractivity contribution in [2.75, 3.05) is 13.1 Å². The largest absolute Gasteiger partial charge is 0.353 e. The predicted molar refractivity (Wildman–Crippen MR) is 85.5 cm³/mol. The Morgan fingerprint density at radius 1 is 1.20 bits per heavy atom. The van der Waals surface area contributed by atoms with E-state index in [1.807, 2.05) is 18.2 Å². The van der Waals surface area contributed by atoms with Crippen LogP contribution in [0, 0.1) is 0 Å². The molecule has 1 aromatic carbocycles. The van der Waals surface area contributed by atoms with E-state index in [9.17, 15) is 4.79 Å². The molecule has 0 saturated carbocycles. The SMILES string of the molecule is CC(C)c1ccc(/C=C/C(=O)NCCCCCN)cc1. The van der Waals surface area contributed by atoms with E-state index in [2.05, 4.69) is 31.3 Å². The van der Waals surface area contributed by atoms with Crippen LogP contribution in [0.4, 0.5) is 0 Å². The van der Waals surface area contributed by atoms with Gasteiger partial charge in [-0.05, 0) is 42.5 Å². The zero-order chi connectivity index (χ0) is 14.8. The summed E-state index contributed by atoms with van der Waals surface area (Å²) in [5.41, 5.74) is 7.77. The molecule has 0 aromatic heterocycles. The number of nitrogens with one attached hydrogen (secondary N) is 1. The number of amides is 1. The van der Waals surface area contributed by atoms with E-state index in [1.165, 1.54) is 5.56 Å². The fourth-order valence-corrected chi connectivity index (χ4v) is 1.88. The molecule has 0 unspecified atom stereocenters. The first-order valence-electron chi connectivity index (χ1n) is 7.39. The molecule has 3 nitrogen and oxygen atoms in total. The van der Waals surface area contributed by atoms with Crippen LogP contribution < -0.4 is 11.1 Å². The maximum Gasteiger partial charge on any atom is 0.243 e. The van der Waals surface area contributed by atoms with Gasteiger partial charge in [-0.3, -0.25) is 4.79 Å². The molecule has 0 aliphatic rings. The number of nitrogens with two attached hydrogens (primary N) is 1. The van der Waals surface area contributed by atoms with Crippen LogP contribution >= 0.6 is 0 Å². The summed E-state index contributed by atoms with van der Waals surface area (Å²) >= 11 is 0. The molecule has 1 amide bonds. The molecule has 1 aromatic rings. The molecule has 3 heteroatoms. The summed E-state index contributed by atoms with van der Waals surface area (Å²) in [6, 6.07) is 8.30. The first-order chi connectivity index (χ1) is 9.63. The smallest absolute Gasteiger partial charge is 0.243 e. The van der Waals surface area contributed by atoms with Gasteiger partial charge in [0.05, 0.1) is 0 Å². The average molecular weight is 274 g/mol. The highest BCUT2D eigenvalue weighted by atomic mass is 16.1. The van der Waals surface area contributed by atoms with Crippen molar-refractivity contribution in [2.24, 2.45) is 5.73 Å². The summed E-state index contributed by atoms with van der Waals surface area (Å²) in [5, 5.41) is 2.87. The van der Waals surface area contributed by atoms with Crippen molar-refractivity contribution in [3.63, 3.8) is 0 Å². The molecule has 0 spiro atoms. The third-order valence-corrected chi connectivity index (χ3v) is 3.21. The number of hydrogen-bond acceptors (Lipinski definition) is 2. The fraction of sp³-hybridized carbons (Fsp3) is 0.471. The van der Waals surface area contributed by atoms with Crippen LogP contribution in [0.5, 0.6) is 0 Å². The van der Waals surface area contributed by atoms with E-state index in [4.69, 9.17) is 5.73 Å². The normalized spacial score (nSPS) is 11.2. The number of carbonyl (C=O) groups excluding carboxylic acids is 1. The number of hydrogen-bond donors (Lipinski definition) is 2. The van der Waals surface area contributed by atoms with Crippen LogP contribution in [-0.2, 0) is 4.79 Å². The van der Waals surface area contributed by atoms with Crippen LogP contribution in [0.2, 0.25) is 0 Å². The Kier molecular flexibility index (Phi) is 7.66. The first kappa shape index (κ1) is 16.4. The fourth-order valence-electron chi connectivity index (χ4n) is 1.88. The van der Waals surface area contributed by atoms with Gasteiger partial charge in [0, 0.05) is 12.6 Å². The van der Waals surface area contributed by atoms with Gasteiger partial charge in [-0.1, -0.05) is 44.5 Å². The molecule has 0 heterocycles. The van der Waals surface area contributed by atoms with E-state index in [0.717, 1.165) is 37.9 Å². The van der Waals surface area contributed by atoms with Crippen molar-refractivity contribution in [3.8, 4) is 0 Å². The van der Waals surface area contributed by atoms with Gasteiger partial charge in [-0.15, -0.1) is 0 Å². The highest BCUT2D eigenvalue weighted by molar-refractivity contribution is 5.91. The van der Waals surface area contributed by atoms with Crippen LogP contribution in [0.15, 0.2) is 30.3 Å². The molecule has 1 rings (SSSR count). The number of benzene rings is 1. The van der Waals surface area contributed by atoms with Gasteiger partial charge in [-0.25, -0.2) is 0 Å². The molecule has 0 fully saturated rings. The Morgan fingerprint density at radius 3 is 2.50 bits per heavy atom. The molecule has 110 valence electrons. The Hall–Kier alpha value is -1.61. The molecule has 0 saturated heterocycles. The molecule has 0 bridgehead atoms. The second kappa shape index (κ2) is 9.32. The van der Waals surface area contributed by atoms with E-state index >= 15 is 0 Å². The van der Waals surface area contributed by atoms with Crippen LogP contribution in [-0.4, -0.2) is 19.0 Å². The van der Waals surface area contributed by atoms with Gasteiger partial charge < -0.3 is 11.1 Å². The van der Waals surface area contributed by atoms with Gasteiger partial charge in [-0.2, -0.15) is 0 Å². The maximum atomic E-state index is 11.6. The van der Waals surface area contributed by atoms with Gasteiger partial charge in [0.2, 0.25) is 5.91 Å². The van der Waals surface area contributed by atoms with Crippen LogP contribution in [0.25, 0.3) is 6.08 Å². The molecular weight excluding hydrogens is 248 g/mol. The lowest BCUT2D eigenvalue weighted by molar-refractivity contribution is -0.116. The van der Waals surface area contributed by atoms with Crippen molar-refractivity contribution < 1.29 is 4.79 Å². The monoisotopic (exact) mass is 274 g/mol. The lowest BCUT2D eigenvalue weighted by Gasteiger charge is -2.04. The van der Waals surface area contributed by atoms with Crippen molar-refractivity contribution in [2.45, 2.75) is 39.0 Å². The Bertz CT molecular complexity index is 421. The second-order valence-corrected chi connectivity index (χ2v) is 5.30. The minimum Gasteiger partial charge on any atom is -0.353 e. The third kappa shape index (κ3) is 6.53. The molecule has 20 heavy (non-hydrogen) atoms. The van der Waals surface area contributed by atoms with E-state index < -0.39 is 0 Å². The Balaban J connectivity index is 2.33. The van der Waals surface area contributed by atoms with Crippen molar-refractivity contribution in [1.29, 1.82) is 0 Å². The molecule has 0 radical (unpaired) electrons. The molecule has 0 atom stereocenters. The summed E-state index contributed by atoms with van der Waals surface area (Å²) < 4.78 is 0. The summed E-state index contributed by atoms with van der Waals surface area (Å²) in [6.07, 6.45) is 6.51. The van der Waals surface area contributed by atoms with Crippen LogP contribution in [0.3, 0.4) is 0 Å². The van der Waals surface area contributed by atoms with Crippen LogP contribution in [0.1, 0.15) is 50.2 Å². The third-order valence-electron chi connectivity index (χ3n) is 3.21. The molecular formula is C17H26N2O. The quantitative estimate of drug-likeness (QED) is 0.565. The zero-order valence-corrected chi connectivity index (χ0v) is 12.6. The molecule has 0 aliphatic carbocycles. The van der Waals surface area contributed by atoms with Gasteiger partial charge in [0.1, 0.15) is 0 Å². The highest BCUT2D eigenvalue weighted by Gasteiger charge is 1.98. The number of carbonyl (C=O) groups is 1. The van der Waals surface area contributed by atoms with Crippen molar-refractivity contribution in [3.05, 3.63) is 41.5 Å². The number of unbranched alkanes of at least 4 members (excludes halogenated alkanes) is 2. The first-order valence-corrected chi connectivity index (χ1v) is 7.39. The summed E-state index contributed by atoms with van der Waals surface area (Å²) in [6.45, 7) is 5.78. The lowest BCUT2D eigenvalue weighted by Crippen LogP contribution is -2.22. The molecule has 0 aliphatic heterocycles. The summed E-state index contributed by atoms with van der Waals surface area (Å²) in [7, 11) is 0. The van der Waals surface area contributed by atoms with Crippen molar-refractivity contribution >= 4 is 12.0 Å². The maximum absolute atomic E-state index is 11.6. The number of rotatable bonds is 8. The second-order valence-electron chi connectivity index (χ2n) is 5.30. The van der Waals surface area contributed by atoms with Gasteiger partial charge in [0.15, 0.2) is 0 Å². The predicted octanol–water partition coefficient (Wildman–Crippen LogP) is 3.07. The van der Waals surface area contributed by atoms with E-state index in [-0.39, 0.29) is 5.91 Å². The van der Waals surface area contributed by atoms with Gasteiger partial charge >= 0.3 is 0 Å². The summed E-state index contributed by atoms with van der Waals surface area (Å²) in [5.74, 6) is 0.496. The minimum absolute atomic E-state index is 0.0364. The summed E-state index contributed by atoms with van der Waals surface area (Å²) in [4.78, 5) is 11.6. The zero-order valence-electron chi connectivity index (χ0n) is 12.6. The van der Waals surface area contributed by atoms with E-state index in [0.29, 0.717) is 5.92 Å². The van der Waals surface area contributed by atoms with Crippen molar-refractivity contribution in [1.82, 2.24) is 5.32 Å². The standard InChI is InChI=1S/C17H26N2O/c1-14(2)16-9-6-15(7-10-16)8-11-17(20)19-13-5-3-4-12-18/h6-11,14H,3-5,12-13,18H2,1-2H3,(H,19,20)/b11-8+. The highest BCUT2D eigenvalue weighted by Crippen LogP contribution is 2.15. The minimum atomic E-state index is -0.0364. The molecule has 3 N–H and O–H groups in total.